The van der Waals surface area contributed by atoms with E-state index in [2.05, 4.69) is 17.9 Å². The lowest BCUT2D eigenvalue weighted by Gasteiger charge is -2.34. The van der Waals surface area contributed by atoms with Crippen molar-refractivity contribution >= 4 is 22.9 Å². The molecule has 1 aromatic rings. The molecule has 0 radical (unpaired) electrons. The van der Waals surface area contributed by atoms with E-state index in [0.717, 1.165) is 16.3 Å². The highest BCUT2D eigenvalue weighted by Crippen LogP contribution is 2.42. The summed E-state index contributed by atoms with van der Waals surface area (Å²) in [6.07, 6.45) is 5.49. The second-order valence-corrected chi connectivity index (χ2v) is 7.56. The highest BCUT2D eigenvalue weighted by molar-refractivity contribution is 7.16. The number of hydrogen-bond acceptors (Lipinski definition) is 3. The van der Waals surface area contributed by atoms with Gasteiger partial charge in [-0.3, -0.25) is 4.90 Å². The predicted molar refractivity (Wildman–Crippen MR) is 78.2 cm³/mol. The van der Waals surface area contributed by atoms with E-state index in [9.17, 15) is 0 Å². The van der Waals surface area contributed by atoms with Crippen molar-refractivity contribution in [2.75, 3.05) is 6.54 Å². The molecule has 0 saturated heterocycles. The summed E-state index contributed by atoms with van der Waals surface area (Å²) in [5.41, 5.74) is 6.26. The molecular formula is C14H21ClN2S. The first kappa shape index (κ1) is 12.9. The van der Waals surface area contributed by atoms with Crippen LogP contribution in [-0.4, -0.2) is 23.5 Å². The lowest BCUT2D eigenvalue weighted by molar-refractivity contribution is 0.161. The average Bonchev–Trinajstić information content (AvgIpc) is 3.19. The van der Waals surface area contributed by atoms with Crippen molar-refractivity contribution in [2.24, 2.45) is 11.7 Å². The first-order valence-electron chi connectivity index (χ1n) is 6.91. The number of nitrogens with zero attached hydrogens (tertiary/aromatic N) is 1. The topological polar surface area (TPSA) is 29.3 Å². The summed E-state index contributed by atoms with van der Waals surface area (Å²) in [5.74, 6) is 0.919. The van der Waals surface area contributed by atoms with E-state index in [1.54, 1.807) is 11.3 Å². The van der Waals surface area contributed by atoms with E-state index in [-0.39, 0.29) is 6.04 Å². The third-order valence-electron chi connectivity index (χ3n) is 3.92. The molecule has 0 amide bonds. The fraction of sp³-hybridized carbons (Fsp3) is 0.714. The summed E-state index contributed by atoms with van der Waals surface area (Å²) in [4.78, 5) is 3.99. The molecule has 0 bridgehead atoms. The molecule has 2 aliphatic rings. The Morgan fingerprint density at radius 3 is 2.56 bits per heavy atom. The van der Waals surface area contributed by atoms with Crippen LogP contribution in [0, 0.1) is 5.92 Å². The van der Waals surface area contributed by atoms with Crippen molar-refractivity contribution in [3.05, 3.63) is 21.3 Å². The van der Waals surface area contributed by atoms with Gasteiger partial charge < -0.3 is 5.73 Å². The van der Waals surface area contributed by atoms with Gasteiger partial charge in [0.25, 0.3) is 0 Å². The lowest BCUT2D eigenvalue weighted by Crippen LogP contribution is -2.41. The van der Waals surface area contributed by atoms with Gasteiger partial charge >= 0.3 is 0 Å². The molecule has 3 rings (SSSR count). The molecule has 2 nitrogen and oxygen atoms in total. The fourth-order valence-corrected chi connectivity index (χ4v) is 4.00. The van der Waals surface area contributed by atoms with Crippen LogP contribution in [-0.2, 0) is 0 Å². The molecule has 2 atom stereocenters. The molecule has 2 fully saturated rings. The SMILES string of the molecule is CC(N)C(c1ccc(Cl)s1)N(CC1CC1)C1CC1. The summed E-state index contributed by atoms with van der Waals surface area (Å²) in [7, 11) is 0. The monoisotopic (exact) mass is 284 g/mol. The van der Waals surface area contributed by atoms with Crippen molar-refractivity contribution < 1.29 is 0 Å². The van der Waals surface area contributed by atoms with Crippen LogP contribution in [0.2, 0.25) is 4.34 Å². The van der Waals surface area contributed by atoms with Gasteiger partial charge in [0.1, 0.15) is 0 Å². The van der Waals surface area contributed by atoms with Gasteiger partial charge in [-0.1, -0.05) is 11.6 Å². The Labute approximate surface area is 118 Å². The van der Waals surface area contributed by atoms with Gasteiger partial charge in [0.2, 0.25) is 0 Å². The average molecular weight is 285 g/mol. The molecule has 18 heavy (non-hydrogen) atoms. The second kappa shape index (κ2) is 5.12. The third-order valence-corrected chi connectivity index (χ3v) is 5.22. The highest BCUT2D eigenvalue weighted by Gasteiger charge is 2.39. The van der Waals surface area contributed by atoms with Crippen LogP contribution in [0.25, 0.3) is 0 Å². The zero-order valence-corrected chi connectivity index (χ0v) is 12.4. The van der Waals surface area contributed by atoms with E-state index in [1.807, 2.05) is 6.07 Å². The van der Waals surface area contributed by atoms with E-state index in [4.69, 9.17) is 17.3 Å². The molecule has 2 N–H and O–H groups in total. The summed E-state index contributed by atoms with van der Waals surface area (Å²) in [5, 5.41) is 0. The van der Waals surface area contributed by atoms with Gasteiger partial charge in [-0.05, 0) is 50.7 Å². The van der Waals surface area contributed by atoms with Crippen molar-refractivity contribution in [3.63, 3.8) is 0 Å². The lowest BCUT2D eigenvalue weighted by atomic mass is 10.1. The zero-order valence-electron chi connectivity index (χ0n) is 10.8. The molecule has 100 valence electrons. The molecule has 0 aliphatic heterocycles. The molecule has 0 aromatic carbocycles. The standard InChI is InChI=1S/C14H21ClN2S/c1-9(16)14(12-6-7-13(15)18-12)17(11-4-5-11)8-10-2-3-10/h6-7,9-11,14H,2-5,8,16H2,1H3. The van der Waals surface area contributed by atoms with Crippen LogP contribution in [0.5, 0.6) is 0 Å². The minimum Gasteiger partial charge on any atom is -0.326 e. The van der Waals surface area contributed by atoms with Gasteiger partial charge in [-0.2, -0.15) is 0 Å². The largest absolute Gasteiger partial charge is 0.326 e. The van der Waals surface area contributed by atoms with E-state index in [0.29, 0.717) is 6.04 Å². The van der Waals surface area contributed by atoms with Gasteiger partial charge in [0, 0.05) is 23.5 Å². The maximum absolute atomic E-state index is 6.26. The molecule has 0 spiro atoms. The van der Waals surface area contributed by atoms with Crippen LogP contribution < -0.4 is 5.73 Å². The molecule has 2 aliphatic carbocycles. The number of halogens is 1. The fourth-order valence-electron chi connectivity index (χ4n) is 2.71. The first-order chi connectivity index (χ1) is 8.65. The zero-order chi connectivity index (χ0) is 12.7. The molecular weight excluding hydrogens is 264 g/mol. The second-order valence-electron chi connectivity index (χ2n) is 5.82. The quantitative estimate of drug-likeness (QED) is 0.864. The van der Waals surface area contributed by atoms with Gasteiger partial charge in [-0.15, -0.1) is 11.3 Å². The van der Waals surface area contributed by atoms with Crippen molar-refractivity contribution in [3.8, 4) is 0 Å². The van der Waals surface area contributed by atoms with E-state index in [1.165, 1.54) is 37.1 Å². The Hall–Kier alpha value is -0.0900. The molecule has 2 saturated carbocycles. The van der Waals surface area contributed by atoms with E-state index >= 15 is 0 Å². The van der Waals surface area contributed by atoms with Crippen LogP contribution >= 0.6 is 22.9 Å². The molecule has 1 heterocycles. The number of rotatable bonds is 6. The highest BCUT2D eigenvalue weighted by atomic mass is 35.5. The van der Waals surface area contributed by atoms with Gasteiger partial charge in [0.15, 0.2) is 0 Å². The third kappa shape index (κ3) is 2.90. The van der Waals surface area contributed by atoms with Crippen molar-refractivity contribution in [2.45, 2.75) is 50.7 Å². The molecule has 1 aromatic heterocycles. The van der Waals surface area contributed by atoms with E-state index < -0.39 is 0 Å². The minimum atomic E-state index is 0.166. The van der Waals surface area contributed by atoms with Gasteiger partial charge in [0.05, 0.1) is 10.4 Å². The maximum atomic E-state index is 6.26. The van der Waals surface area contributed by atoms with Crippen molar-refractivity contribution in [1.29, 1.82) is 0 Å². The Morgan fingerprint density at radius 2 is 2.11 bits per heavy atom. The number of nitrogens with two attached hydrogens (primary N) is 1. The van der Waals surface area contributed by atoms with Crippen LogP contribution in [0.15, 0.2) is 12.1 Å². The predicted octanol–water partition coefficient (Wildman–Crippen LogP) is 3.66. The maximum Gasteiger partial charge on any atom is 0.0931 e. The van der Waals surface area contributed by atoms with Crippen LogP contribution in [0.3, 0.4) is 0 Å². The summed E-state index contributed by atoms with van der Waals surface area (Å²) < 4.78 is 0.873. The minimum absolute atomic E-state index is 0.166. The number of thiophene rings is 1. The Kier molecular flexibility index (Phi) is 3.68. The van der Waals surface area contributed by atoms with Crippen LogP contribution in [0.1, 0.15) is 43.5 Å². The van der Waals surface area contributed by atoms with Crippen molar-refractivity contribution in [1.82, 2.24) is 4.90 Å². The summed E-state index contributed by atoms with van der Waals surface area (Å²) >= 11 is 7.78. The molecule has 4 heteroatoms. The first-order valence-corrected chi connectivity index (χ1v) is 8.11. The number of hydrogen-bond donors (Lipinski definition) is 1. The Morgan fingerprint density at radius 1 is 1.39 bits per heavy atom. The van der Waals surface area contributed by atoms with Gasteiger partial charge in [-0.25, -0.2) is 0 Å². The summed E-state index contributed by atoms with van der Waals surface area (Å²) in [6.45, 7) is 3.35. The van der Waals surface area contributed by atoms with Crippen LogP contribution in [0.4, 0.5) is 0 Å². The molecule has 2 unspecified atom stereocenters. The Balaban J connectivity index is 1.81. The Bertz CT molecular complexity index is 410. The normalized spacial score (nSPS) is 23.3. The smallest absolute Gasteiger partial charge is 0.0931 e. The summed E-state index contributed by atoms with van der Waals surface area (Å²) in [6, 6.07) is 5.44.